The number of nitro benzene ring substituents is 1. The average Bonchev–Trinajstić information content (AvgIpc) is 2.82. The molecule has 8 nitrogen and oxygen atoms in total. The number of amides is 1. The van der Waals surface area contributed by atoms with Gasteiger partial charge in [-0.05, 0) is 31.1 Å². The molecule has 1 aliphatic rings. The number of likely N-dealkylation sites (N-methyl/N-ethyl adjacent to an activating group) is 1. The highest BCUT2D eigenvalue weighted by Crippen LogP contribution is 2.33. The van der Waals surface area contributed by atoms with Crippen LogP contribution in [0.2, 0.25) is 0 Å². The normalized spacial score (nSPS) is 14.1. The fraction of sp³-hybridized carbons (Fsp3) is 0.375. The number of benzene rings is 2. The number of fused-ring (bicyclic) bond motifs is 1. The van der Waals surface area contributed by atoms with Crippen molar-refractivity contribution in [2.45, 2.75) is 32.9 Å². The SMILES string of the molecule is CCN(CC)[C@@H](CNC(=O)/C=C/c1cc([N+](=O)[O-])cc2c1OCOC2)Cc1ccccc1. The second-order valence-corrected chi connectivity index (χ2v) is 7.53. The van der Waals surface area contributed by atoms with Gasteiger partial charge in [0.25, 0.3) is 5.69 Å². The first-order valence-electron chi connectivity index (χ1n) is 10.8. The molecular weight excluding hydrogens is 410 g/mol. The molecule has 1 atom stereocenters. The Morgan fingerprint density at radius 2 is 2.00 bits per heavy atom. The number of nitrogens with one attached hydrogen (secondary N) is 1. The Bertz CT molecular complexity index is 958. The Morgan fingerprint density at radius 1 is 1.25 bits per heavy atom. The number of ether oxygens (including phenoxy) is 2. The van der Waals surface area contributed by atoms with Crippen LogP contribution in [0.15, 0.2) is 48.5 Å². The molecule has 0 saturated heterocycles. The smallest absolute Gasteiger partial charge is 0.270 e. The largest absolute Gasteiger partial charge is 0.467 e. The fourth-order valence-corrected chi connectivity index (χ4v) is 3.86. The van der Waals surface area contributed by atoms with Gasteiger partial charge in [0.15, 0.2) is 6.79 Å². The number of non-ortho nitro benzene ring substituents is 1. The second kappa shape index (κ2) is 11.4. The lowest BCUT2D eigenvalue weighted by Gasteiger charge is -2.30. The van der Waals surface area contributed by atoms with Crippen molar-refractivity contribution < 1.29 is 19.2 Å². The third-order valence-electron chi connectivity index (χ3n) is 5.50. The summed E-state index contributed by atoms with van der Waals surface area (Å²) in [6, 6.07) is 13.2. The van der Waals surface area contributed by atoms with Crippen LogP contribution in [0.5, 0.6) is 5.75 Å². The molecule has 1 amide bonds. The van der Waals surface area contributed by atoms with Crippen molar-refractivity contribution in [1.29, 1.82) is 0 Å². The molecule has 2 aromatic carbocycles. The van der Waals surface area contributed by atoms with Crippen LogP contribution in [0.4, 0.5) is 5.69 Å². The maximum Gasteiger partial charge on any atom is 0.270 e. The third-order valence-corrected chi connectivity index (χ3v) is 5.50. The van der Waals surface area contributed by atoms with Crippen LogP contribution in [-0.2, 0) is 22.6 Å². The molecule has 0 spiro atoms. The van der Waals surface area contributed by atoms with Crippen LogP contribution < -0.4 is 10.1 Å². The zero-order valence-electron chi connectivity index (χ0n) is 18.5. The van der Waals surface area contributed by atoms with E-state index in [1.54, 1.807) is 6.08 Å². The molecule has 8 heteroatoms. The van der Waals surface area contributed by atoms with Gasteiger partial charge < -0.3 is 14.8 Å². The minimum atomic E-state index is -0.468. The number of nitro groups is 1. The molecule has 0 unspecified atom stereocenters. The van der Waals surface area contributed by atoms with Gasteiger partial charge in [-0.25, -0.2) is 0 Å². The van der Waals surface area contributed by atoms with Gasteiger partial charge in [-0.1, -0.05) is 44.2 Å². The minimum absolute atomic E-state index is 0.0673. The molecule has 32 heavy (non-hydrogen) atoms. The van der Waals surface area contributed by atoms with E-state index in [0.29, 0.717) is 23.4 Å². The summed E-state index contributed by atoms with van der Waals surface area (Å²) in [6.45, 7) is 6.80. The van der Waals surface area contributed by atoms with E-state index in [9.17, 15) is 14.9 Å². The molecule has 1 N–H and O–H groups in total. The Kier molecular flexibility index (Phi) is 8.35. The summed E-state index contributed by atoms with van der Waals surface area (Å²) in [6.07, 6.45) is 3.77. The molecule has 0 aliphatic carbocycles. The van der Waals surface area contributed by atoms with Crippen molar-refractivity contribution in [3.05, 3.63) is 75.3 Å². The Labute approximate surface area is 188 Å². The highest BCUT2D eigenvalue weighted by molar-refractivity contribution is 5.92. The van der Waals surface area contributed by atoms with Crippen molar-refractivity contribution in [3.63, 3.8) is 0 Å². The third kappa shape index (κ3) is 6.15. The molecule has 170 valence electrons. The van der Waals surface area contributed by atoms with Crippen molar-refractivity contribution in [3.8, 4) is 5.75 Å². The van der Waals surface area contributed by atoms with Gasteiger partial charge in [-0.3, -0.25) is 19.8 Å². The van der Waals surface area contributed by atoms with E-state index in [2.05, 4.69) is 36.2 Å². The van der Waals surface area contributed by atoms with Crippen LogP contribution in [-0.4, -0.2) is 48.2 Å². The predicted octanol–water partition coefficient (Wildman–Crippen LogP) is 3.54. The first kappa shape index (κ1) is 23.4. The predicted molar refractivity (Wildman–Crippen MR) is 122 cm³/mol. The molecular formula is C24H29N3O5. The number of nitrogens with zero attached hydrogens (tertiary/aromatic N) is 2. The molecule has 0 saturated carbocycles. The van der Waals surface area contributed by atoms with Gasteiger partial charge in [-0.15, -0.1) is 0 Å². The van der Waals surface area contributed by atoms with E-state index >= 15 is 0 Å². The van der Waals surface area contributed by atoms with Crippen LogP contribution in [0.1, 0.15) is 30.5 Å². The van der Waals surface area contributed by atoms with E-state index < -0.39 is 4.92 Å². The van der Waals surface area contributed by atoms with Crippen molar-refractivity contribution in [2.24, 2.45) is 0 Å². The summed E-state index contributed by atoms with van der Waals surface area (Å²) >= 11 is 0. The topological polar surface area (TPSA) is 93.9 Å². The molecule has 1 heterocycles. The fourth-order valence-electron chi connectivity index (χ4n) is 3.86. The van der Waals surface area contributed by atoms with Crippen molar-refractivity contribution >= 4 is 17.7 Å². The van der Waals surface area contributed by atoms with E-state index in [4.69, 9.17) is 9.47 Å². The van der Waals surface area contributed by atoms with Crippen LogP contribution in [0.3, 0.4) is 0 Å². The number of carbonyl (C=O) groups excluding carboxylic acids is 1. The van der Waals surface area contributed by atoms with Gasteiger partial charge in [0, 0.05) is 41.9 Å². The summed E-state index contributed by atoms with van der Waals surface area (Å²) in [4.78, 5) is 25.6. The number of carbonyl (C=O) groups is 1. The second-order valence-electron chi connectivity index (χ2n) is 7.53. The summed E-state index contributed by atoms with van der Waals surface area (Å²) < 4.78 is 10.7. The lowest BCUT2D eigenvalue weighted by atomic mass is 10.0. The lowest BCUT2D eigenvalue weighted by molar-refractivity contribution is -0.385. The number of hydrogen-bond donors (Lipinski definition) is 1. The molecule has 2 aromatic rings. The Morgan fingerprint density at radius 3 is 2.69 bits per heavy atom. The summed E-state index contributed by atoms with van der Waals surface area (Å²) in [7, 11) is 0. The van der Waals surface area contributed by atoms with Crippen molar-refractivity contribution in [1.82, 2.24) is 10.2 Å². The average molecular weight is 440 g/mol. The lowest BCUT2D eigenvalue weighted by Crippen LogP contribution is -2.44. The van der Waals surface area contributed by atoms with Gasteiger partial charge in [0.05, 0.1) is 11.5 Å². The van der Waals surface area contributed by atoms with Gasteiger partial charge in [0.2, 0.25) is 5.91 Å². The van der Waals surface area contributed by atoms with Gasteiger partial charge in [-0.2, -0.15) is 0 Å². The highest BCUT2D eigenvalue weighted by atomic mass is 16.7. The first-order valence-corrected chi connectivity index (χ1v) is 10.8. The van der Waals surface area contributed by atoms with Crippen molar-refractivity contribution in [2.75, 3.05) is 26.4 Å². The Balaban J connectivity index is 1.70. The van der Waals surface area contributed by atoms with Crippen LogP contribution in [0, 0.1) is 10.1 Å². The molecule has 3 rings (SSSR count). The molecule has 0 aromatic heterocycles. The van der Waals surface area contributed by atoms with Crippen LogP contribution >= 0.6 is 0 Å². The van der Waals surface area contributed by atoms with E-state index in [1.807, 2.05) is 18.2 Å². The van der Waals surface area contributed by atoms with E-state index in [0.717, 1.165) is 19.5 Å². The minimum Gasteiger partial charge on any atom is -0.467 e. The molecule has 0 bridgehead atoms. The Hall–Kier alpha value is -3.23. The summed E-state index contributed by atoms with van der Waals surface area (Å²) in [5.74, 6) is 0.249. The number of hydrogen-bond acceptors (Lipinski definition) is 6. The summed E-state index contributed by atoms with van der Waals surface area (Å²) in [5.41, 5.74) is 2.23. The number of rotatable bonds is 10. The quantitative estimate of drug-likeness (QED) is 0.346. The van der Waals surface area contributed by atoms with E-state index in [-0.39, 0.29) is 31.0 Å². The monoisotopic (exact) mass is 439 g/mol. The zero-order valence-corrected chi connectivity index (χ0v) is 18.5. The van der Waals surface area contributed by atoms with E-state index in [1.165, 1.54) is 23.8 Å². The maximum absolute atomic E-state index is 12.5. The molecule has 0 fully saturated rings. The standard InChI is InChI=1S/C24H29N3O5/c1-3-26(4-2)22(12-18-8-6-5-7-9-18)15-25-23(28)11-10-19-13-21(27(29)30)14-20-16-31-17-32-24(19)20/h5-11,13-14,22H,3-4,12,15-17H2,1-2H3,(H,25,28)/b11-10+/t22-/m1/s1. The first-order chi connectivity index (χ1) is 15.5. The van der Waals surface area contributed by atoms with Gasteiger partial charge in [0.1, 0.15) is 5.75 Å². The summed E-state index contributed by atoms with van der Waals surface area (Å²) in [5, 5.41) is 14.2. The zero-order chi connectivity index (χ0) is 22.9. The molecule has 1 aliphatic heterocycles. The van der Waals surface area contributed by atoms with Gasteiger partial charge >= 0.3 is 0 Å². The van der Waals surface area contributed by atoms with Crippen LogP contribution in [0.25, 0.3) is 6.08 Å². The highest BCUT2D eigenvalue weighted by Gasteiger charge is 2.20. The maximum atomic E-state index is 12.5. The molecule has 0 radical (unpaired) electrons.